The average molecular weight is 1120 g/mol. The van der Waals surface area contributed by atoms with E-state index < -0.39 is 0 Å². The first-order chi connectivity index (χ1) is 34.1. The molecule has 0 spiro atoms. The van der Waals surface area contributed by atoms with Gasteiger partial charge < -0.3 is 18.4 Å². The van der Waals surface area contributed by atoms with Crippen molar-refractivity contribution < 1.29 is 28.9 Å². The van der Waals surface area contributed by atoms with Crippen LogP contribution in [-0.2, 0) is 30.9 Å². The number of imidazole rings is 1. The Balaban J connectivity index is 0.000000300. The van der Waals surface area contributed by atoms with Gasteiger partial charge in [0, 0.05) is 48.2 Å². The van der Waals surface area contributed by atoms with Crippen LogP contribution < -0.4 is 0 Å². The smallest absolute Gasteiger partial charge is 0.159 e. The van der Waals surface area contributed by atoms with Crippen LogP contribution in [-0.4, -0.2) is 14.5 Å². The molecule has 361 valence electrons. The molecule has 0 bridgehead atoms. The molecule has 0 saturated carbocycles. The fourth-order valence-corrected chi connectivity index (χ4v) is 10.0. The van der Waals surface area contributed by atoms with E-state index in [2.05, 4.69) is 218 Å². The van der Waals surface area contributed by atoms with Gasteiger partial charge in [-0.15, -0.1) is 54.1 Å². The third-order valence-corrected chi connectivity index (χ3v) is 13.9. The third-order valence-electron chi connectivity index (χ3n) is 13.9. The van der Waals surface area contributed by atoms with Gasteiger partial charge in [-0.25, -0.2) is 0 Å². The predicted molar refractivity (Wildman–Crippen MR) is 297 cm³/mol. The number of furan rings is 2. The minimum Gasteiger partial charge on any atom is -0.501 e. The van der Waals surface area contributed by atoms with E-state index in [9.17, 15) is 0 Å². The molecule has 12 rings (SSSR count). The fraction of sp³-hybridized carbons (Fsp3) is 0.212. The second-order valence-corrected chi connectivity index (χ2v) is 21.7. The molecule has 0 amide bonds. The van der Waals surface area contributed by atoms with Crippen LogP contribution in [0.2, 0.25) is 0 Å². The summed E-state index contributed by atoms with van der Waals surface area (Å²) in [6.07, 6.45) is 1.87. The number of rotatable bonds is 6. The molecule has 72 heavy (non-hydrogen) atoms. The SMILES string of the molecule is CC(C)(C)c1ccnc(-c2[c-]cccc2)c1.CC(C)c1cc(-c2ccccc2)cc(C(C)C)c1-n1c(-c2[c-]ccc3c2oc2cc4c(ccc5ccccc54)cc23)nc2ccc3cc(C(C)(C)C)oc3c21.[Ir]. The van der Waals surface area contributed by atoms with Gasteiger partial charge in [-0.05, 0) is 121 Å². The van der Waals surface area contributed by atoms with Crippen molar-refractivity contribution in [1.82, 2.24) is 14.5 Å². The largest absolute Gasteiger partial charge is 0.501 e. The van der Waals surface area contributed by atoms with Crippen LogP contribution in [0.4, 0.5) is 0 Å². The van der Waals surface area contributed by atoms with Gasteiger partial charge >= 0.3 is 0 Å². The maximum Gasteiger partial charge on any atom is 0.159 e. The zero-order chi connectivity index (χ0) is 49.3. The number of aromatic nitrogens is 3. The van der Waals surface area contributed by atoms with Crippen LogP contribution >= 0.6 is 0 Å². The van der Waals surface area contributed by atoms with Gasteiger partial charge in [0.1, 0.15) is 16.9 Å². The molecule has 0 aliphatic heterocycles. The van der Waals surface area contributed by atoms with E-state index in [0.717, 1.165) is 78.0 Å². The average Bonchev–Trinajstić information content (AvgIpc) is 4.10. The number of hydrogen-bond donors (Lipinski definition) is 0. The number of fused-ring (bicyclic) bond motifs is 9. The molecule has 0 aliphatic carbocycles. The molecule has 8 aromatic carbocycles. The van der Waals surface area contributed by atoms with E-state index in [1.807, 2.05) is 36.5 Å². The molecule has 4 aromatic heterocycles. The number of benzene rings is 8. The molecule has 4 heterocycles. The molecule has 1 radical (unpaired) electrons. The third kappa shape index (κ3) is 8.75. The van der Waals surface area contributed by atoms with Gasteiger partial charge in [0.05, 0.1) is 16.9 Å². The van der Waals surface area contributed by atoms with Crippen LogP contribution in [0.1, 0.15) is 104 Å². The minimum atomic E-state index is -0.162. The van der Waals surface area contributed by atoms with E-state index >= 15 is 0 Å². The molecule has 0 atom stereocenters. The standard InChI is InChI=1S/C51H43N2O2.C15H16N.Ir/c1-29(2)39-25-35(31-14-9-8-10-15-31)26-40(30(3)4)46(39)53-47-43(23-22-34-27-45(51(5,6)7)55-48(34)47)52-50(53)38-19-13-18-37-42-24-33-21-20-32-16-11-12-17-36(32)41(33)28-44(42)54-49(37)38;1-15(2,3)13-9-10-16-14(11-13)12-7-5-4-6-8-12;/h8-18,20-30H,1-7H3;4-7,9-11H,1-3H3;/q2*-1;. The Morgan fingerprint density at radius 2 is 1.25 bits per heavy atom. The molecular formula is C66H59IrN3O2-2. The van der Waals surface area contributed by atoms with Crippen LogP contribution in [0.15, 0.2) is 173 Å². The zero-order valence-corrected chi connectivity index (χ0v) is 45.1. The topological polar surface area (TPSA) is 57.0 Å². The Kier molecular flexibility index (Phi) is 12.7. The molecule has 6 heteroatoms. The van der Waals surface area contributed by atoms with Crippen molar-refractivity contribution in [3.63, 3.8) is 0 Å². The van der Waals surface area contributed by atoms with E-state index in [-0.39, 0.29) is 42.8 Å². The van der Waals surface area contributed by atoms with Gasteiger partial charge in [-0.2, -0.15) is 0 Å². The van der Waals surface area contributed by atoms with Crippen molar-refractivity contribution in [2.24, 2.45) is 0 Å². The van der Waals surface area contributed by atoms with Gasteiger partial charge in [0.25, 0.3) is 0 Å². The number of hydrogen-bond acceptors (Lipinski definition) is 4. The van der Waals surface area contributed by atoms with Crippen LogP contribution in [0.3, 0.4) is 0 Å². The normalized spacial score (nSPS) is 12.2. The molecule has 0 aliphatic rings. The van der Waals surface area contributed by atoms with Crippen molar-refractivity contribution in [1.29, 1.82) is 0 Å². The van der Waals surface area contributed by atoms with Crippen molar-refractivity contribution in [3.8, 4) is 39.5 Å². The maximum atomic E-state index is 6.94. The Morgan fingerprint density at radius 1 is 0.542 bits per heavy atom. The van der Waals surface area contributed by atoms with Gasteiger partial charge in [-0.3, -0.25) is 4.98 Å². The van der Waals surface area contributed by atoms with E-state index in [4.69, 9.17) is 13.8 Å². The summed E-state index contributed by atoms with van der Waals surface area (Å²) >= 11 is 0. The molecule has 0 N–H and O–H groups in total. The molecule has 0 saturated heterocycles. The van der Waals surface area contributed by atoms with Crippen molar-refractivity contribution in [2.45, 2.75) is 91.9 Å². The summed E-state index contributed by atoms with van der Waals surface area (Å²) in [7, 11) is 0. The maximum absolute atomic E-state index is 6.94. The second kappa shape index (κ2) is 18.8. The second-order valence-electron chi connectivity index (χ2n) is 21.7. The first-order valence-electron chi connectivity index (χ1n) is 24.9. The zero-order valence-electron chi connectivity index (χ0n) is 42.7. The summed E-state index contributed by atoms with van der Waals surface area (Å²) in [5.41, 5.74) is 14.5. The molecule has 0 fully saturated rings. The summed E-state index contributed by atoms with van der Waals surface area (Å²) < 4.78 is 16.2. The monoisotopic (exact) mass is 1120 g/mol. The molecular weight excluding hydrogens is 1060 g/mol. The summed E-state index contributed by atoms with van der Waals surface area (Å²) in [6, 6.07) is 62.5. The molecule has 12 aromatic rings. The van der Waals surface area contributed by atoms with Crippen molar-refractivity contribution >= 4 is 65.5 Å². The summed E-state index contributed by atoms with van der Waals surface area (Å²) in [4.78, 5) is 9.88. The van der Waals surface area contributed by atoms with E-state index in [1.54, 1.807) is 0 Å². The summed E-state index contributed by atoms with van der Waals surface area (Å²) in [5, 5.41) is 7.99. The Hall–Kier alpha value is -7.11. The molecule has 5 nitrogen and oxygen atoms in total. The van der Waals surface area contributed by atoms with E-state index in [1.165, 1.54) is 49.4 Å². The quantitative estimate of drug-likeness (QED) is 0.123. The van der Waals surface area contributed by atoms with Crippen LogP contribution in [0.5, 0.6) is 0 Å². The Bertz CT molecular complexity index is 3930. The summed E-state index contributed by atoms with van der Waals surface area (Å²) in [5.74, 6) is 2.17. The minimum absolute atomic E-state index is 0. The van der Waals surface area contributed by atoms with Gasteiger partial charge in [0.15, 0.2) is 5.58 Å². The first-order valence-corrected chi connectivity index (χ1v) is 24.9. The Labute approximate surface area is 436 Å². The first kappa shape index (κ1) is 48.5. The number of nitrogens with zero attached hydrogens (tertiary/aromatic N) is 3. The summed E-state index contributed by atoms with van der Waals surface area (Å²) in [6.45, 7) is 22.4. The Morgan fingerprint density at radius 3 is 1.96 bits per heavy atom. The van der Waals surface area contributed by atoms with Crippen LogP contribution in [0.25, 0.3) is 105 Å². The fourth-order valence-electron chi connectivity index (χ4n) is 10.0. The van der Waals surface area contributed by atoms with Crippen LogP contribution in [0, 0.1) is 12.1 Å². The van der Waals surface area contributed by atoms with Crippen molar-refractivity contribution in [2.75, 3.05) is 0 Å². The van der Waals surface area contributed by atoms with Gasteiger partial charge in [0.2, 0.25) is 0 Å². The van der Waals surface area contributed by atoms with Crippen molar-refractivity contribution in [3.05, 3.63) is 199 Å². The van der Waals surface area contributed by atoms with E-state index in [0.29, 0.717) is 0 Å². The molecule has 0 unspecified atom stereocenters. The van der Waals surface area contributed by atoms with Gasteiger partial charge in [-0.1, -0.05) is 153 Å². The number of pyridine rings is 1. The predicted octanol–water partition coefficient (Wildman–Crippen LogP) is 18.5.